The Morgan fingerprint density at radius 2 is 2.27 bits per heavy atom. The van der Waals surface area contributed by atoms with Crippen molar-refractivity contribution < 1.29 is 9.53 Å². The molecule has 1 aromatic heterocycles. The van der Waals surface area contributed by atoms with E-state index in [-0.39, 0.29) is 24.4 Å². The van der Waals surface area contributed by atoms with Crippen LogP contribution in [0.3, 0.4) is 0 Å². The summed E-state index contributed by atoms with van der Waals surface area (Å²) in [5.41, 5.74) is 2.65. The molecule has 6 heteroatoms. The lowest BCUT2D eigenvalue weighted by molar-refractivity contribution is 0.0953. The molecule has 3 rings (SSSR count). The molecule has 2 N–H and O–H groups in total. The van der Waals surface area contributed by atoms with Gasteiger partial charge >= 0.3 is 0 Å². The van der Waals surface area contributed by atoms with Gasteiger partial charge in [0.25, 0.3) is 5.91 Å². The van der Waals surface area contributed by atoms with Gasteiger partial charge in [-0.2, -0.15) is 0 Å². The largest absolute Gasteiger partial charge is 0.496 e. The summed E-state index contributed by atoms with van der Waals surface area (Å²) in [6.07, 6.45) is 1.04. The van der Waals surface area contributed by atoms with Crippen LogP contribution in [0.5, 0.6) is 5.75 Å². The SMILES string of the molecule is COc1csc(C(=O)NCC2NCCc3ccccc32)c1.Cl. The van der Waals surface area contributed by atoms with Gasteiger partial charge in [0.2, 0.25) is 0 Å². The number of thiophene rings is 1. The number of amides is 1. The monoisotopic (exact) mass is 338 g/mol. The molecule has 4 nitrogen and oxygen atoms in total. The maximum atomic E-state index is 12.1. The van der Waals surface area contributed by atoms with Crippen molar-refractivity contribution in [2.45, 2.75) is 12.5 Å². The molecule has 1 unspecified atom stereocenters. The van der Waals surface area contributed by atoms with E-state index in [1.54, 1.807) is 13.2 Å². The molecule has 0 saturated heterocycles. The van der Waals surface area contributed by atoms with E-state index in [4.69, 9.17) is 4.74 Å². The Balaban J connectivity index is 0.00000176. The summed E-state index contributed by atoms with van der Waals surface area (Å²) in [7, 11) is 1.60. The average Bonchev–Trinajstić information content (AvgIpc) is 3.01. The van der Waals surface area contributed by atoms with Crippen LogP contribution < -0.4 is 15.4 Å². The zero-order valence-electron chi connectivity index (χ0n) is 12.3. The van der Waals surface area contributed by atoms with Crippen molar-refractivity contribution in [1.82, 2.24) is 10.6 Å². The highest BCUT2D eigenvalue weighted by Gasteiger charge is 2.20. The molecule has 1 aliphatic rings. The Hall–Kier alpha value is -1.56. The van der Waals surface area contributed by atoms with Crippen molar-refractivity contribution in [1.29, 1.82) is 0 Å². The van der Waals surface area contributed by atoms with E-state index in [0.717, 1.165) is 18.7 Å². The van der Waals surface area contributed by atoms with Crippen molar-refractivity contribution >= 4 is 29.7 Å². The fraction of sp³-hybridized carbons (Fsp3) is 0.312. The summed E-state index contributed by atoms with van der Waals surface area (Å²) in [5, 5.41) is 8.30. The van der Waals surface area contributed by atoms with Crippen molar-refractivity contribution in [2.24, 2.45) is 0 Å². The molecular formula is C16H19ClN2O2S. The maximum Gasteiger partial charge on any atom is 0.261 e. The number of fused-ring (bicyclic) bond motifs is 1. The number of hydrogen-bond donors (Lipinski definition) is 2. The van der Waals surface area contributed by atoms with Gasteiger partial charge < -0.3 is 15.4 Å². The minimum absolute atomic E-state index is 0. The molecule has 2 heterocycles. The molecule has 0 saturated carbocycles. The summed E-state index contributed by atoms with van der Waals surface area (Å²) in [6, 6.07) is 10.4. The lowest BCUT2D eigenvalue weighted by Crippen LogP contribution is -2.38. The quantitative estimate of drug-likeness (QED) is 0.901. The fourth-order valence-electron chi connectivity index (χ4n) is 2.60. The first kappa shape index (κ1) is 16.8. The van der Waals surface area contributed by atoms with Crippen molar-refractivity contribution in [3.05, 3.63) is 51.7 Å². The van der Waals surface area contributed by atoms with Gasteiger partial charge in [-0.3, -0.25) is 4.79 Å². The molecule has 22 heavy (non-hydrogen) atoms. The molecule has 0 aliphatic carbocycles. The van der Waals surface area contributed by atoms with Gasteiger partial charge in [-0.1, -0.05) is 24.3 Å². The predicted octanol–water partition coefficient (Wildman–Crippen LogP) is 2.80. The molecule has 0 spiro atoms. The summed E-state index contributed by atoms with van der Waals surface area (Å²) in [5.74, 6) is 0.680. The second kappa shape index (κ2) is 7.63. The Bertz CT molecular complexity index is 645. The van der Waals surface area contributed by atoms with Crippen LogP contribution in [0.4, 0.5) is 0 Å². The number of rotatable bonds is 4. The summed E-state index contributed by atoms with van der Waals surface area (Å²) < 4.78 is 5.10. The first-order valence-corrected chi connectivity index (χ1v) is 7.88. The van der Waals surface area contributed by atoms with Crippen LogP contribution in [0.15, 0.2) is 35.7 Å². The second-order valence-electron chi connectivity index (χ2n) is 5.02. The molecule has 0 radical (unpaired) electrons. The van der Waals surface area contributed by atoms with E-state index >= 15 is 0 Å². The molecule has 2 aromatic rings. The van der Waals surface area contributed by atoms with Gasteiger partial charge in [-0.15, -0.1) is 23.7 Å². The Morgan fingerprint density at radius 1 is 1.45 bits per heavy atom. The van der Waals surface area contributed by atoms with Crippen molar-refractivity contribution in [2.75, 3.05) is 20.2 Å². The zero-order chi connectivity index (χ0) is 14.7. The summed E-state index contributed by atoms with van der Waals surface area (Å²) >= 11 is 1.40. The molecule has 1 aromatic carbocycles. The van der Waals surface area contributed by atoms with E-state index in [0.29, 0.717) is 11.4 Å². The van der Waals surface area contributed by atoms with Crippen LogP contribution in [-0.2, 0) is 6.42 Å². The lowest BCUT2D eigenvalue weighted by Gasteiger charge is -2.27. The van der Waals surface area contributed by atoms with Crippen molar-refractivity contribution in [3.63, 3.8) is 0 Å². The summed E-state index contributed by atoms with van der Waals surface area (Å²) in [6.45, 7) is 1.54. The Morgan fingerprint density at radius 3 is 3.05 bits per heavy atom. The normalized spacial score (nSPS) is 16.3. The predicted molar refractivity (Wildman–Crippen MR) is 91.3 cm³/mol. The minimum atomic E-state index is -0.0480. The van der Waals surface area contributed by atoms with Crippen LogP contribution in [0, 0.1) is 0 Å². The third kappa shape index (κ3) is 3.61. The van der Waals surface area contributed by atoms with Crippen LogP contribution in [-0.4, -0.2) is 26.1 Å². The van der Waals surface area contributed by atoms with Crippen molar-refractivity contribution in [3.8, 4) is 5.75 Å². The van der Waals surface area contributed by atoms with E-state index in [9.17, 15) is 4.79 Å². The minimum Gasteiger partial charge on any atom is -0.496 e. The third-order valence-electron chi connectivity index (χ3n) is 3.72. The standard InChI is InChI=1S/C16H18N2O2S.ClH/c1-20-12-8-15(21-10-12)16(19)18-9-14-13-5-3-2-4-11(13)6-7-17-14;/h2-5,8,10,14,17H,6-7,9H2,1H3,(H,18,19);1H. The molecule has 1 atom stereocenters. The lowest BCUT2D eigenvalue weighted by atomic mass is 9.94. The van der Waals surface area contributed by atoms with Gasteiger partial charge in [0.1, 0.15) is 5.75 Å². The van der Waals surface area contributed by atoms with Gasteiger partial charge in [0, 0.05) is 24.0 Å². The highest BCUT2D eigenvalue weighted by Crippen LogP contribution is 2.23. The molecule has 1 aliphatic heterocycles. The number of benzene rings is 1. The highest BCUT2D eigenvalue weighted by molar-refractivity contribution is 7.12. The zero-order valence-corrected chi connectivity index (χ0v) is 13.9. The van der Waals surface area contributed by atoms with Gasteiger partial charge in [-0.25, -0.2) is 0 Å². The van der Waals surface area contributed by atoms with Gasteiger partial charge in [-0.05, 0) is 24.1 Å². The highest BCUT2D eigenvalue weighted by atomic mass is 35.5. The first-order chi connectivity index (χ1) is 10.3. The topological polar surface area (TPSA) is 50.4 Å². The fourth-order valence-corrected chi connectivity index (χ4v) is 3.37. The smallest absolute Gasteiger partial charge is 0.261 e. The van der Waals surface area contributed by atoms with Gasteiger partial charge in [0.15, 0.2) is 0 Å². The van der Waals surface area contributed by atoms with Gasteiger partial charge in [0.05, 0.1) is 12.0 Å². The van der Waals surface area contributed by atoms with E-state index in [1.165, 1.54) is 22.5 Å². The van der Waals surface area contributed by atoms with E-state index in [2.05, 4.69) is 28.8 Å². The first-order valence-electron chi connectivity index (χ1n) is 7.00. The van der Waals surface area contributed by atoms with Crippen LogP contribution in [0.1, 0.15) is 26.8 Å². The number of hydrogen-bond acceptors (Lipinski definition) is 4. The number of ether oxygens (including phenoxy) is 1. The number of nitrogens with one attached hydrogen (secondary N) is 2. The molecule has 0 bridgehead atoms. The van der Waals surface area contributed by atoms with Crippen LogP contribution >= 0.6 is 23.7 Å². The average molecular weight is 339 g/mol. The Kier molecular flexibility index (Phi) is 5.83. The number of carbonyl (C=O) groups excluding carboxylic acids is 1. The number of halogens is 1. The van der Waals surface area contributed by atoms with Crippen LogP contribution in [0.2, 0.25) is 0 Å². The Labute approximate surface area is 140 Å². The maximum absolute atomic E-state index is 12.1. The molecular weight excluding hydrogens is 320 g/mol. The van der Waals surface area contributed by atoms with Crippen LogP contribution in [0.25, 0.3) is 0 Å². The summed E-state index contributed by atoms with van der Waals surface area (Å²) in [4.78, 5) is 12.8. The second-order valence-corrected chi connectivity index (χ2v) is 5.93. The molecule has 118 valence electrons. The van der Waals surface area contributed by atoms with E-state index < -0.39 is 0 Å². The third-order valence-corrected chi connectivity index (χ3v) is 4.62. The molecule has 0 fully saturated rings. The number of carbonyl (C=O) groups is 1. The number of methoxy groups -OCH3 is 1. The van der Waals surface area contributed by atoms with E-state index in [1.807, 2.05) is 11.4 Å². The molecule has 1 amide bonds.